The van der Waals surface area contributed by atoms with Gasteiger partial charge in [-0.15, -0.1) is 11.3 Å². The van der Waals surface area contributed by atoms with E-state index in [1.165, 1.54) is 58.6 Å². The first-order valence-corrected chi connectivity index (χ1v) is 20.9. The molecule has 0 amide bonds. The van der Waals surface area contributed by atoms with Crippen LogP contribution in [0.5, 0.6) is 0 Å². The van der Waals surface area contributed by atoms with Crippen LogP contribution in [0, 0.1) is 0 Å². The van der Waals surface area contributed by atoms with Crippen LogP contribution in [-0.4, -0.2) is 0 Å². The van der Waals surface area contributed by atoms with Crippen LogP contribution >= 0.6 is 11.3 Å². The summed E-state index contributed by atoms with van der Waals surface area (Å²) in [4.78, 5) is 2.42. The monoisotopic (exact) mass is 769 g/mol. The summed E-state index contributed by atoms with van der Waals surface area (Å²) in [5.41, 5.74) is 12.1. The summed E-state index contributed by atoms with van der Waals surface area (Å²) in [7, 11) is 0. The predicted octanol–water partition coefficient (Wildman–Crippen LogP) is 16.7. The zero-order valence-electron chi connectivity index (χ0n) is 32.0. The minimum atomic E-state index is 0.883. The van der Waals surface area contributed by atoms with Crippen molar-refractivity contribution in [3.8, 4) is 33.4 Å². The van der Waals surface area contributed by atoms with Gasteiger partial charge in [0.25, 0.3) is 0 Å². The van der Waals surface area contributed by atoms with Crippen LogP contribution in [0.15, 0.2) is 217 Å². The molecule has 0 saturated carbocycles. The quantitative estimate of drug-likeness (QED) is 0.167. The Hall–Kier alpha value is -7.46. The highest BCUT2D eigenvalue weighted by atomic mass is 32.1. The molecule has 0 radical (unpaired) electrons. The highest BCUT2D eigenvalue weighted by molar-refractivity contribution is 7.26. The molecule has 12 aromatic rings. The smallest absolute Gasteiger partial charge is 0.143 e. The maximum absolute atomic E-state index is 6.68. The number of thiophene rings is 1. The Morgan fingerprint density at radius 2 is 1.03 bits per heavy atom. The molecule has 2 aromatic heterocycles. The van der Waals surface area contributed by atoms with E-state index in [1.54, 1.807) is 0 Å². The lowest BCUT2D eigenvalue weighted by Gasteiger charge is -2.28. The van der Waals surface area contributed by atoms with Crippen LogP contribution in [0.2, 0.25) is 0 Å². The largest absolute Gasteiger partial charge is 0.455 e. The Kier molecular flexibility index (Phi) is 7.75. The Labute approximate surface area is 345 Å². The molecule has 0 saturated heterocycles. The highest BCUT2D eigenvalue weighted by Gasteiger charge is 2.22. The number of nitrogens with zero attached hydrogens (tertiary/aromatic N) is 1. The first-order chi connectivity index (χ1) is 29.2. The van der Waals surface area contributed by atoms with E-state index in [-0.39, 0.29) is 0 Å². The highest BCUT2D eigenvalue weighted by Crippen LogP contribution is 2.47. The first kappa shape index (κ1) is 33.7. The number of hydrogen-bond acceptors (Lipinski definition) is 3. The molecule has 2 heterocycles. The number of furan rings is 1. The van der Waals surface area contributed by atoms with E-state index in [2.05, 4.69) is 217 Å². The van der Waals surface area contributed by atoms with E-state index in [4.69, 9.17) is 4.42 Å². The van der Waals surface area contributed by atoms with E-state index in [9.17, 15) is 0 Å². The predicted molar refractivity (Wildman–Crippen MR) is 253 cm³/mol. The Morgan fingerprint density at radius 1 is 0.373 bits per heavy atom. The van der Waals surface area contributed by atoms with E-state index in [0.717, 1.165) is 55.5 Å². The minimum Gasteiger partial charge on any atom is -0.455 e. The fourth-order valence-electron chi connectivity index (χ4n) is 9.06. The van der Waals surface area contributed by atoms with Crippen molar-refractivity contribution in [3.63, 3.8) is 0 Å². The molecule has 0 aliphatic heterocycles. The van der Waals surface area contributed by atoms with E-state index in [1.807, 2.05) is 11.3 Å². The van der Waals surface area contributed by atoms with Gasteiger partial charge in [0.2, 0.25) is 0 Å². The molecule has 0 atom stereocenters. The third kappa shape index (κ3) is 5.55. The van der Waals surface area contributed by atoms with Crippen LogP contribution < -0.4 is 4.90 Å². The van der Waals surface area contributed by atoms with Crippen molar-refractivity contribution < 1.29 is 4.42 Å². The Bertz CT molecular complexity index is 3570. The van der Waals surface area contributed by atoms with Gasteiger partial charge in [0.15, 0.2) is 0 Å². The van der Waals surface area contributed by atoms with Gasteiger partial charge in [-0.25, -0.2) is 0 Å². The minimum absolute atomic E-state index is 0.883. The Balaban J connectivity index is 1.05. The average molecular weight is 770 g/mol. The zero-order valence-corrected chi connectivity index (χ0v) is 32.8. The van der Waals surface area contributed by atoms with E-state index in [0.29, 0.717) is 0 Å². The molecule has 0 unspecified atom stereocenters. The fraction of sp³-hybridized carbons (Fsp3) is 0. The molecular weight excluding hydrogens is 735 g/mol. The summed E-state index contributed by atoms with van der Waals surface area (Å²) in [5, 5.41) is 9.63. The normalized spacial score (nSPS) is 11.7. The average Bonchev–Trinajstić information content (AvgIpc) is 3.89. The van der Waals surface area contributed by atoms with Gasteiger partial charge < -0.3 is 9.32 Å². The Morgan fingerprint density at radius 3 is 1.95 bits per heavy atom. The number of fused-ring (bicyclic) bond motifs is 9. The van der Waals surface area contributed by atoms with Crippen LogP contribution in [0.1, 0.15) is 0 Å². The van der Waals surface area contributed by atoms with Gasteiger partial charge in [0.05, 0.1) is 5.69 Å². The summed E-state index contributed by atoms with van der Waals surface area (Å²) in [6, 6.07) is 77.0. The number of para-hydroxylation sites is 1. The van der Waals surface area contributed by atoms with E-state index < -0.39 is 0 Å². The second kappa shape index (κ2) is 13.6. The molecule has 0 bridgehead atoms. The van der Waals surface area contributed by atoms with Gasteiger partial charge in [0, 0.05) is 53.3 Å². The molecule has 0 aliphatic carbocycles. The van der Waals surface area contributed by atoms with Crippen molar-refractivity contribution in [1.82, 2.24) is 0 Å². The standard InChI is InChI=1S/C56H35NOS/c1-2-14-39-34-41(27-26-36(39)12-1)40-15-9-16-43(35-40)57(42-31-28-38(29-32-42)45-20-10-22-49-47-19-6-8-25-53(47)59-56(45)49)51-23-7-5-18-46(51)48-21-11-24-52-54(48)50-33-30-37-13-3-4-17-44(37)55(50)58-52/h1-35H. The number of benzene rings is 10. The molecule has 0 fully saturated rings. The van der Waals surface area contributed by atoms with Crippen molar-refractivity contribution in [2.45, 2.75) is 0 Å². The summed E-state index contributed by atoms with van der Waals surface area (Å²) in [6.07, 6.45) is 0. The molecule has 59 heavy (non-hydrogen) atoms. The lowest BCUT2D eigenvalue weighted by atomic mass is 9.95. The van der Waals surface area contributed by atoms with Crippen molar-refractivity contribution in [2.75, 3.05) is 4.90 Å². The van der Waals surface area contributed by atoms with Crippen molar-refractivity contribution in [3.05, 3.63) is 212 Å². The third-order valence-electron chi connectivity index (χ3n) is 11.9. The van der Waals surface area contributed by atoms with E-state index >= 15 is 0 Å². The van der Waals surface area contributed by atoms with Crippen molar-refractivity contribution in [1.29, 1.82) is 0 Å². The zero-order chi connectivity index (χ0) is 38.9. The lowest BCUT2D eigenvalue weighted by Crippen LogP contribution is -2.11. The van der Waals surface area contributed by atoms with Crippen LogP contribution in [0.25, 0.3) is 97.0 Å². The van der Waals surface area contributed by atoms with Gasteiger partial charge >= 0.3 is 0 Å². The fourth-order valence-corrected chi connectivity index (χ4v) is 10.3. The van der Waals surface area contributed by atoms with Gasteiger partial charge in [-0.1, -0.05) is 158 Å². The second-order valence-corrected chi connectivity index (χ2v) is 16.3. The number of rotatable bonds is 6. The van der Waals surface area contributed by atoms with Gasteiger partial charge in [0.1, 0.15) is 11.2 Å². The molecule has 10 aromatic carbocycles. The number of hydrogen-bond donors (Lipinski definition) is 0. The summed E-state index contributed by atoms with van der Waals surface area (Å²) >= 11 is 1.87. The maximum atomic E-state index is 6.68. The van der Waals surface area contributed by atoms with Gasteiger partial charge in [-0.3, -0.25) is 0 Å². The molecule has 0 aliphatic rings. The first-order valence-electron chi connectivity index (χ1n) is 20.1. The topological polar surface area (TPSA) is 16.4 Å². The second-order valence-electron chi connectivity index (χ2n) is 15.2. The summed E-state index contributed by atoms with van der Waals surface area (Å²) < 4.78 is 9.32. The third-order valence-corrected chi connectivity index (χ3v) is 13.1. The van der Waals surface area contributed by atoms with Gasteiger partial charge in [-0.2, -0.15) is 0 Å². The molecule has 12 rings (SSSR count). The van der Waals surface area contributed by atoms with Crippen molar-refractivity contribution >= 4 is 92.1 Å². The van der Waals surface area contributed by atoms with Crippen molar-refractivity contribution in [2.24, 2.45) is 0 Å². The molecular formula is C56H35NOS. The van der Waals surface area contributed by atoms with Crippen LogP contribution in [0.4, 0.5) is 17.1 Å². The summed E-state index contributed by atoms with van der Waals surface area (Å²) in [6.45, 7) is 0. The van der Waals surface area contributed by atoms with Crippen LogP contribution in [0.3, 0.4) is 0 Å². The molecule has 0 spiro atoms. The lowest BCUT2D eigenvalue weighted by molar-refractivity contribution is 0.673. The molecule has 0 N–H and O–H groups in total. The number of anilines is 3. The maximum Gasteiger partial charge on any atom is 0.143 e. The molecule has 276 valence electrons. The molecule has 3 heteroatoms. The summed E-state index contributed by atoms with van der Waals surface area (Å²) in [5.74, 6) is 0. The van der Waals surface area contributed by atoms with Crippen LogP contribution in [-0.2, 0) is 0 Å². The SMILES string of the molecule is c1cc(-c2ccc3ccccc3c2)cc(N(c2ccc(-c3cccc4c3sc3ccccc34)cc2)c2ccccc2-c2cccc3oc4c5ccccc5ccc4c23)c1. The molecule has 2 nitrogen and oxygen atoms in total. The van der Waals surface area contributed by atoms with Gasteiger partial charge in [-0.05, 0) is 98.6 Å².